The summed E-state index contributed by atoms with van der Waals surface area (Å²) in [6.07, 6.45) is 1.16. The third kappa shape index (κ3) is 6.03. The highest BCUT2D eigenvalue weighted by Gasteiger charge is 2.23. The van der Waals surface area contributed by atoms with Gasteiger partial charge in [0.1, 0.15) is 0 Å². The molecule has 0 spiro atoms. The van der Waals surface area contributed by atoms with E-state index in [0.29, 0.717) is 23.1 Å². The highest BCUT2D eigenvalue weighted by Crippen LogP contribution is 2.17. The quantitative estimate of drug-likeness (QED) is 0.805. The molecule has 0 saturated carbocycles. The number of amides is 1. The van der Waals surface area contributed by atoms with Crippen LogP contribution in [0.15, 0.2) is 24.3 Å². The Hall–Kier alpha value is -0.970. The molecule has 3 N–H and O–H groups in total. The van der Waals surface area contributed by atoms with E-state index in [-0.39, 0.29) is 30.7 Å². The van der Waals surface area contributed by atoms with Crippen LogP contribution in [0.5, 0.6) is 0 Å². The molecule has 6 heteroatoms. The Bertz CT molecular complexity index is 468. The summed E-state index contributed by atoms with van der Waals surface area (Å²) in [5.74, 6) is 1.19. The van der Waals surface area contributed by atoms with Gasteiger partial charge in [-0.3, -0.25) is 4.79 Å². The van der Waals surface area contributed by atoms with Crippen molar-refractivity contribution in [1.29, 1.82) is 0 Å². The van der Waals surface area contributed by atoms with Crippen LogP contribution in [0.3, 0.4) is 0 Å². The van der Waals surface area contributed by atoms with Gasteiger partial charge >= 0.3 is 0 Å². The summed E-state index contributed by atoms with van der Waals surface area (Å²) in [6.45, 7) is 8.60. The number of carbonyl (C=O) groups is 1. The first-order valence-corrected chi connectivity index (χ1v) is 7.41. The van der Waals surface area contributed by atoms with E-state index in [2.05, 4.69) is 24.1 Å². The predicted molar refractivity (Wildman–Crippen MR) is 97.1 cm³/mol. The maximum absolute atomic E-state index is 12.1. The van der Waals surface area contributed by atoms with Crippen LogP contribution in [0, 0.1) is 11.8 Å². The second-order valence-corrected chi connectivity index (χ2v) is 6.11. The van der Waals surface area contributed by atoms with Crippen LogP contribution in [-0.4, -0.2) is 37.0 Å². The number of benzene rings is 1. The van der Waals surface area contributed by atoms with Crippen LogP contribution < -0.4 is 11.1 Å². The highest BCUT2D eigenvalue weighted by molar-refractivity contribution is 5.99. The number of hydrogen-bond acceptors (Lipinski definition) is 3. The number of halogens is 2. The molecular weight excluding hydrogens is 321 g/mol. The monoisotopic (exact) mass is 347 g/mol. The first-order valence-electron chi connectivity index (χ1n) is 7.41. The number of nitrogens with two attached hydrogens (primary N) is 1. The number of anilines is 1. The lowest BCUT2D eigenvalue weighted by atomic mass is 10.1. The lowest BCUT2D eigenvalue weighted by molar-refractivity contribution is 0.0948. The van der Waals surface area contributed by atoms with Crippen LogP contribution in [0.4, 0.5) is 5.69 Å². The maximum atomic E-state index is 12.1. The third-order valence-electron chi connectivity index (χ3n) is 3.75. The molecule has 2 rings (SSSR count). The molecule has 1 saturated heterocycles. The first kappa shape index (κ1) is 21.0. The zero-order chi connectivity index (χ0) is 14.5. The van der Waals surface area contributed by atoms with E-state index < -0.39 is 0 Å². The highest BCUT2D eigenvalue weighted by atomic mass is 35.5. The Kier molecular flexibility index (Phi) is 9.49. The van der Waals surface area contributed by atoms with Gasteiger partial charge in [0.2, 0.25) is 0 Å². The number of rotatable bonds is 5. The fourth-order valence-corrected chi connectivity index (χ4v) is 2.80. The van der Waals surface area contributed by atoms with Crippen LogP contribution in [0.1, 0.15) is 30.6 Å². The van der Waals surface area contributed by atoms with Crippen molar-refractivity contribution in [3.63, 3.8) is 0 Å². The van der Waals surface area contributed by atoms with Crippen LogP contribution in [0.25, 0.3) is 0 Å². The minimum atomic E-state index is -0.0644. The smallest absolute Gasteiger partial charge is 0.253 e. The molecule has 1 fully saturated rings. The van der Waals surface area contributed by atoms with Gasteiger partial charge in [0.05, 0.1) is 5.56 Å². The van der Waals surface area contributed by atoms with E-state index in [0.717, 1.165) is 32.6 Å². The molecule has 4 nitrogen and oxygen atoms in total. The summed E-state index contributed by atoms with van der Waals surface area (Å²) in [6, 6.07) is 7.21. The molecule has 1 aliphatic heterocycles. The van der Waals surface area contributed by atoms with E-state index in [1.165, 1.54) is 0 Å². The first-order chi connectivity index (χ1) is 9.56. The maximum Gasteiger partial charge on any atom is 0.253 e. The fourth-order valence-electron chi connectivity index (χ4n) is 2.80. The van der Waals surface area contributed by atoms with E-state index in [4.69, 9.17) is 5.73 Å². The molecule has 0 aromatic heterocycles. The predicted octanol–water partition coefficient (Wildman–Crippen LogP) is 2.82. The van der Waals surface area contributed by atoms with Crippen molar-refractivity contribution in [3.05, 3.63) is 29.8 Å². The Morgan fingerprint density at radius 1 is 1.36 bits per heavy atom. The number of nitrogens with one attached hydrogen (secondary N) is 1. The van der Waals surface area contributed by atoms with Crippen LogP contribution >= 0.6 is 24.8 Å². The molecule has 1 aliphatic rings. The normalized spacial score (nSPS) is 17.7. The van der Waals surface area contributed by atoms with Crippen molar-refractivity contribution >= 4 is 36.4 Å². The van der Waals surface area contributed by atoms with Gasteiger partial charge in [-0.25, -0.2) is 0 Å². The van der Waals surface area contributed by atoms with E-state index in [9.17, 15) is 4.79 Å². The number of nitrogen functional groups attached to an aromatic ring is 1. The molecule has 1 atom stereocenters. The van der Waals surface area contributed by atoms with Gasteiger partial charge < -0.3 is 16.0 Å². The average molecular weight is 348 g/mol. The topological polar surface area (TPSA) is 58.4 Å². The second kappa shape index (κ2) is 9.93. The Balaban J connectivity index is 0.00000220. The largest absolute Gasteiger partial charge is 0.398 e. The number of likely N-dealkylation sites (tertiary alicyclic amines) is 1. The summed E-state index contributed by atoms with van der Waals surface area (Å²) in [4.78, 5) is 14.6. The molecule has 1 aromatic rings. The summed E-state index contributed by atoms with van der Waals surface area (Å²) in [7, 11) is 0. The van der Waals surface area contributed by atoms with Crippen LogP contribution in [0.2, 0.25) is 0 Å². The molecule has 1 heterocycles. The van der Waals surface area contributed by atoms with Gasteiger partial charge in [-0.2, -0.15) is 0 Å². The molecule has 0 aliphatic carbocycles. The molecule has 126 valence electrons. The van der Waals surface area contributed by atoms with E-state index in [1.807, 2.05) is 12.1 Å². The lowest BCUT2D eigenvalue weighted by Crippen LogP contribution is -2.32. The zero-order valence-corrected chi connectivity index (χ0v) is 14.9. The van der Waals surface area contributed by atoms with Gasteiger partial charge in [-0.05, 0) is 36.9 Å². The van der Waals surface area contributed by atoms with Gasteiger partial charge in [-0.1, -0.05) is 26.0 Å². The number of nitrogens with zero attached hydrogens (tertiary/aromatic N) is 1. The van der Waals surface area contributed by atoms with Gasteiger partial charge in [0, 0.05) is 25.3 Å². The molecular formula is C16H27Cl2N3O. The van der Waals surface area contributed by atoms with Crippen molar-refractivity contribution in [2.75, 3.05) is 31.9 Å². The van der Waals surface area contributed by atoms with E-state index in [1.54, 1.807) is 12.1 Å². The minimum Gasteiger partial charge on any atom is -0.398 e. The van der Waals surface area contributed by atoms with Crippen molar-refractivity contribution < 1.29 is 4.79 Å². The van der Waals surface area contributed by atoms with Gasteiger partial charge in [-0.15, -0.1) is 24.8 Å². The summed E-state index contributed by atoms with van der Waals surface area (Å²) >= 11 is 0. The van der Waals surface area contributed by atoms with Crippen molar-refractivity contribution in [3.8, 4) is 0 Å². The average Bonchev–Trinajstić information content (AvgIpc) is 2.83. The Morgan fingerprint density at radius 3 is 2.68 bits per heavy atom. The third-order valence-corrected chi connectivity index (χ3v) is 3.75. The number of carbonyl (C=O) groups excluding carboxylic acids is 1. The molecule has 22 heavy (non-hydrogen) atoms. The minimum absolute atomic E-state index is 0. The molecule has 0 radical (unpaired) electrons. The zero-order valence-electron chi connectivity index (χ0n) is 13.2. The standard InChI is InChI=1S/C16H25N3O.2ClH/c1-12(2)10-19-8-7-13(11-19)9-18-16(20)14-5-3-4-6-15(14)17;;/h3-6,12-13H,7-11,17H2,1-2H3,(H,18,20);2*1H. The Labute approximate surface area is 145 Å². The molecule has 1 aromatic carbocycles. The van der Waals surface area contributed by atoms with Gasteiger partial charge in [0.15, 0.2) is 0 Å². The van der Waals surface area contributed by atoms with Crippen LogP contribution in [-0.2, 0) is 0 Å². The lowest BCUT2D eigenvalue weighted by Gasteiger charge is -2.18. The molecule has 1 unspecified atom stereocenters. The second-order valence-electron chi connectivity index (χ2n) is 6.11. The number of para-hydroxylation sites is 1. The van der Waals surface area contributed by atoms with Gasteiger partial charge in [0.25, 0.3) is 5.91 Å². The summed E-state index contributed by atoms with van der Waals surface area (Å²) in [5.41, 5.74) is 6.93. The van der Waals surface area contributed by atoms with E-state index >= 15 is 0 Å². The van der Waals surface area contributed by atoms with Crippen molar-refractivity contribution in [1.82, 2.24) is 10.2 Å². The number of hydrogen-bond donors (Lipinski definition) is 2. The SMILES string of the molecule is CC(C)CN1CCC(CNC(=O)c2ccccc2N)C1.Cl.Cl. The molecule has 1 amide bonds. The summed E-state index contributed by atoms with van der Waals surface area (Å²) < 4.78 is 0. The fraction of sp³-hybridized carbons (Fsp3) is 0.562. The summed E-state index contributed by atoms with van der Waals surface area (Å²) in [5, 5.41) is 3.01. The van der Waals surface area contributed by atoms with Crippen molar-refractivity contribution in [2.24, 2.45) is 11.8 Å². The molecule has 0 bridgehead atoms. The van der Waals surface area contributed by atoms with Crippen molar-refractivity contribution in [2.45, 2.75) is 20.3 Å². The Morgan fingerprint density at radius 2 is 2.05 bits per heavy atom.